The number of benzene rings is 2. The predicted octanol–water partition coefficient (Wildman–Crippen LogP) is 4.87. The number of carbonyl (C=O) groups is 2. The number of ether oxygens (including phenoxy) is 2. The fraction of sp³-hybridized carbons (Fsp3) is 0.333. The van der Waals surface area contributed by atoms with E-state index in [-0.39, 0.29) is 11.8 Å². The standard InChI is InChI=1S/C21H24ClNO4/c1-13(2)12-26-21(25)15(4)27-17-10-8-16(9-11-17)20(24)23-19-7-5-6-18(22)14(19)3/h5-11,13,15H,12H2,1-4H3,(H,23,24)/t15-/m0/s1. The van der Waals surface area contributed by atoms with E-state index in [2.05, 4.69) is 5.32 Å². The molecule has 1 atom stereocenters. The Labute approximate surface area is 164 Å². The lowest BCUT2D eigenvalue weighted by Crippen LogP contribution is -2.27. The summed E-state index contributed by atoms with van der Waals surface area (Å²) in [5.41, 5.74) is 1.94. The van der Waals surface area contributed by atoms with Crippen LogP contribution in [-0.2, 0) is 9.53 Å². The summed E-state index contributed by atoms with van der Waals surface area (Å²) in [4.78, 5) is 24.3. The molecule has 5 nitrogen and oxygen atoms in total. The maximum atomic E-state index is 12.4. The summed E-state index contributed by atoms with van der Waals surface area (Å²) in [7, 11) is 0. The van der Waals surface area contributed by atoms with Crippen molar-refractivity contribution in [1.82, 2.24) is 0 Å². The van der Waals surface area contributed by atoms with Gasteiger partial charge in [-0.15, -0.1) is 0 Å². The Morgan fingerprint density at radius 1 is 1.07 bits per heavy atom. The number of hydrogen-bond donors (Lipinski definition) is 1. The van der Waals surface area contributed by atoms with Gasteiger partial charge >= 0.3 is 5.97 Å². The van der Waals surface area contributed by atoms with Crippen molar-refractivity contribution in [2.45, 2.75) is 33.8 Å². The molecule has 0 bridgehead atoms. The molecule has 2 aromatic carbocycles. The van der Waals surface area contributed by atoms with Gasteiger partial charge in [0.25, 0.3) is 5.91 Å². The first-order valence-electron chi connectivity index (χ1n) is 8.77. The summed E-state index contributed by atoms with van der Waals surface area (Å²) in [6, 6.07) is 11.9. The van der Waals surface area contributed by atoms with E-state index in [4.69, 9.17) is 21.1 Å². The molecule has 0 unspecified atom stereocenters. The summed E-state index contributed by atoms with van der Waals surface area (Å²) in [5.74, 6) is 0.0832. The molecule has 2 aromatic rings. The average molecular weight is 390 g/mol. The molecule has 1 N–H and O–H groups in total. The third-order valence-corrected chi connectivity index (χ3v) is 4.25. The fourth-order valence-electron chi connectivity index (χ4n) is 2.24. The van der Waals surface area contributed by atoms with E-state index in [1.165, 1.54) is 0 Å². The van der Waals surface area contributed by atoms with E-state index in [1.807, 2.05) is 20.8 Å². The van der Waals surface area contributed by atoms with E-state index < -0.39 is 12.1 Å². The fourth-order valence-corrected chi connectivity index (χ4v) is 2.42. The average Bonchev–Trinajstić information content (AvgIpc) is 2.63. The second-order valence-electron chi connectivity index (χ2n) is 6.67. The van der Waals surface area contributed by atoms with Gasteiger partial charge in [0, 0.05) is 16.3 Å². The number of amides is 1. The SMILES string of the molecule is Cc1c(Cl)cccc1NC(=O)c1ccc(O[C@@H](C)C(=O)OCC(C)C)cc1. The minimum atomic E-state index is -0.725. The molecule has 0 aromatic heterocycles. The molecule has 0 saturated carbocycles. The molecular formula is C21H24ClNO4. The highest BCUT2D eigenvalue weighted by atomic mass is 35.5. The second-order valence-corrected chi connectivity index (χ2v) is 7.08. The number of carbonyl (C=O) groups excluding carboxylic acids is 2. The van der Waals surface area contributed by atoms with Crippen LogP contribution in [0.4, 0.5) is 5.69 Å². The molecule has 27 heavy (non-hydrogen) atoms. The molecule has 6 heteroatoms. The van der Waals surface area contributed by atoms with Gasteiger partial charge in [0.15, 0.2) is 6.10 Å². The topological polar surface area (TPSA) is 64.6 Å². The van der Waals surface area contributed by atoms with Gasteiger partial charge in [-0.3, -0.25) is 4.79 Å². The summed E-state index contributed by atoms with van der Waals surface area (Å²) in [5, 5.41) is 3.43. The van der Waals surface area contributed by atoms with Gasteiger partial charge in [0.2, 0.25) is 0 Å². The lowest BCUT2D eigenvalue weighted by molar-refractivity contribution is -0.152. The van der Waals surface area contributed by atoms with E-state index >= 15 is 0 Å². The lowest BCUT2D eigenvalue weighted by Gasteiger charge is -2.15. The van der Waals surface area contributed by atoms with Crippen molar-refractivity contribution in [3.05, 3.63) is 58.6 Å². The number of esters is 1. The molecule has 0 aliphatic rings. The third kappa shape index (κ3) is 6.00. The van der Waals surface area contributed by atoms with Crippen molar-refractivity contribution in [2.24, 2.45) is 5.92 Å². The molecule has 0 saturated heterocycles. The Balaban J connectivity index is 1.97. The number of hydrogen-bond acceptors (Lipinski definition) is 4. The minimum absolute atomic E-state index is 0.253. The quantitative estimate of drug-likeness (QED) is 0.686. The normalized spacial score (nSPS) is 11.8. The molecule has 0 radical (unpaired) electrons. The number of rotatable bonds is 7. The van der Waals surface area contributed by atoms with E-state index in [0.717, 1.165) is 5.56 Å². The Hall–Kier alpha value is -2.53. The Morgan fingerprint density at radius 2 is 1.74 bits per heavy atom. The van der Waals surface area contributed by atoms with Crippen molar-refractivity contribution >= 4 is 29.2 Å². The summed E-state index contributed by atoms with van der Waals surface area (Å²) in [6.07, 6.45) is -0.725. The first-order chi connectivity index (χ1) is 12.8. The maximum absolute atomic E-state index is 12.4. The van der Waals surface area contributed by atoms with E-state index in [0.29, 0.717) is 28.6 Å². The van der Waals surface area contributed by atoms with Crippen molar-refractivity contribution in [3.63, 3.8) is 0 Å². The minimum Gasteiger partial charge on any atom is -0.479 e. The largest absolute Gasteiger partial charge is 0.479 e. The molecule has 0 fully saturated rings. The van der Waals surface area contributed by atoms with Crippen LogP contribution in [0, 0.1) is 12.8 Å². The lowest BCUT2D eigenvalue weighted by atomic mass is 10.1. The maximum Gasteiger partial charge on any atom is 0.347 e. The Kier molecular flexibility index (Phi) is 7.25. The van der Waals surface area contributed by atoms with Gasteiger partial charge in [-0.1, -0.05) is 31.5 Å². The zero-order valence-corrected chi connectivity index (χ0v) is 16.7. The number of nitrogens with one attached hydrogen (secondary N) is 1. The van der Waals surface area contributed by atoms with Crippen LogP contribution in [0.15, 0.2) is 42.5 Å². The Morgan fingerprint density at radius 3 is 2.37 bits per heavy atom. The highest BCUT2D eigenvalue weighted by molar-refractivity contribution is 6.31. The molecule has 0 spiro atoms. The molecule has 144 valence electrons. The summed E-state index contributed by atoms with van der Waals surface area (Å²) >= 11 is 6.07. The Bertz CT molecular complexity index is 802. The van der Waals surface area contributed by atoms with Crippen LogP contribution in [-0.4, -0.2) is 24.6 Å². The van der Waals surface area contributed by atoms with Crippen molar-refractivity contribution in [3.8, 4) is 5.75 Å². The summed E-state index contributed by atoms with van der Waals surface area (Å²) < 4.78 is 10.7. The van der Waals surface area contributed by atoms with Crippen LogP contribution in [0.25, 0.3) is 0 Å². The van der Waals surface area contributed by atoms with Crippen LogP contribution in [0.2, 0.25) is 5.02 Å². The molecular weight excluding hydrogens is 366 g/mol. The monoisotopic (exact) mass is 389 g/mol. The zero-order valence-electron chi connectivity index (χ0n) is 15.9. The molecule has 0 aliphatic heterocycles. The number of anilines is 1. The smallest absolute Gasteiger partial charge is 0.347 e. The summed E-state index contributed by atoms with van der Waals surface area (Å²) in [6.45, 7) is 7.76. The molecule has 1 amide bonds. The van der Waals surface area contributed by atoms with Crippen LogP contribution in [0.5, 0.6) is 5.75 Å². The van der Waals surface area contributed by atoms with Gasteiger partial charge < -0.3 is 14.8 Å². The highest BCUT2D eigenvalue weighted by Crippen LogP contribution is 2.24. The zero-order chi connectivity index (χ0) is 20.0. The van der Waals surface area contributed by atoms with E-state index in [9.17, 15) is 9.59 Å². The number of halogens is 1. The van der Waals surface area contributed by atoms with Crippen LogP contribution in [0.1, 0.15) is 36.7 Å². The van der Waals surface area contributed by atoms with Crippen LogP contribution < -0.4 is 10.1 Å². The molecule has 0 aliphatic carbocycles. The van der Waals surface area contributed by atoms with E-state index in [1.54, 1.807) is 49.4 Å². The van der Waals surface area contributed by atoms with Gasteiger partial charge in [0.05, 0.1) is 6.61 Å². The van der Waals surface area contributed by atoms with Crippen LogP contribution >= 0.6 is 11.6 Å². The second kappa shape index (κ2) is 9.42. The van der Waals surface area contributed by atoms with Crippen molar-refractivity contribution in [2.75, 3.05) is 11.9 Å². The first-order valence-corrected chi connectivity index (χ1v) is 9.15. The first kappa shape index (κ1) is 20.8. The van der Waals surface area contributed by atoms with Gasteiger partial charge in [0.1, 0.15) is 5.75 Å². The van der Waals surface area contributed by atoms with Gasteiger partial charge in [-0.05, 0) is 61.7 Å². The predicted molar refractivity (Wildman–Crippen MR) is 106 cm³/mol. The van der Waals surface area contributed by atoms with Crippen LogP contribution in [0.3, 0.4) is 0 Å². The van der Waals surface area contributed by atoms with Gasteiger partial charge in [-0.25, -0.2) is 4.79 Å². The van der Waals surface area contributed by atoms with Gasteiger partial charge in [-0.2, -0.15) is 0 Å². The molecule has 2 rings (SSSR count). The molecule has 0 heterocycles. The third-order valence-electron chi connectivity index (χ3n) is 3.84. The van der Waals surface area contributed by atoms with Crippen molar-refractivity contribution < 1.29 is 19.1 Å². The highest BCUT2D eigenvalue weighted by Gasteiger charge is 2.17. The van der Waals surface area contributed by atoms with Crippen molar-refractivity contribution in [1.29, 1.82) is 0 Å².